The van der Waals surface area contributed by atoms with Crippen molar-refractivity contribution in [2.45, 2.75) is 0 Å². The topological polar surface area (TPSA) is 71.2 Å². The second-order valence-electron chi connectivity index (χ2n) is 7.16. The fraction of sp³-hybridized carbons (Fsp3) is 0. The zero-order chi connectivity index (χ0) is 20.5. The van der Waals surface area contributed by atoms with Gasteiger partial charge < -0.3 is 44.9 Å². The van der Waals surface area contributed by atoms with E-state index in [0.29, 0.717) is 0 Å². The Labute approximate surface area is 228 Å². The van der Waals surface area contributed by atoms with Crippen molar-refractivity contribution in [1.29, 1.82) is 0 Å². The molecule has 0 radical (unpaired) electrons. The Morgan fingerprint density at radius 3 is 1.29 bits per heavy atom. The lowest BCUT2D eigenvalue weighted by atomic mass is 10.1. The van der Waals surface area contributed by atoms with Gasteiger partial charge in [-0.25, -0.2) is 0 Å². The highest BCUT2D eigenvalue weighted by Crippen LogP contribution is 2.19. The van der Waals surface area contributed by atoms with Crippen molar-refractivity contribution < 1.29 is 53.7 Å². The summed E-state index contributed by atoms with van der Waals surface area (Å²) in [6.07, 6.45) is 8.31. The molecular weight excluding hydrogens is 603 g/mol. The van der Waals surface area contributed by atoms with E-state index in [0.717, 1.165) is 10.0 Å². The number of pyridine rings is 4. The van der Waals surface area contributed by atoms with Crippen LogP contribution >= 0.6 is 23.2 Å². The Balaban J connectivity index is 0.000000304. The van der Waals surface area contributed by atoms with Crippen LogP contribution in [0.2, 0.25) is 10.0 Å². The molecule has 6 rings (SSSR count). The van der Waals surface area contributed by atoms with Gasteiger partial charge in [0.05, 0.1) is 0 Å². The Hall–Kier alpha value is -2.32. The number of benzene rings is 2. The molecule has 0 saturated carbocycles. The summed E-state index contributed by atoms with van der Waals surface area (Å²) in [5, 5.41) is 6.30. The fourth-order valence-electron chi connectivity index (χ4n) is 3.61. The first kappa shape index (κ1) is 29.7. The van der Waals surface area contributed by atoms with Crippen molar-refractivity contribution in [2.75, 3.05) is 0 Å². The summed E-state index contributed by atoms with van der Waals surface area (Å²) in [4.78, 5) is 0. The van der Waals surface area contributed by atoms with Crippen LogP contribution in [0.5, 0.6) is 0 Å². The Bertz CT molecular complexity index is 1430. The van der Waals surface area contributed by atoms with Gasteiger partial charge >= 0.3 is 0 Å². The van der Waals surface area contributed by atoms with Crippen LogP contribution in [-0.2, 0) is 0 Å². The number of hydrogen-bond acceptors (Lipinski definition) is 0. The molecule has 6 aromatic rings. The quantitative estimate of drug-likeness (QED) is 0.151. The van der Waals surface area contributed by atoms with Crippen LogP contribution in [0, 0.1) is 0 Å². The van der Waals surface area contributed by atoms with Gasteiger partial charge in [-0.1, -0.05) is 23.2 Å². The molecule has 0 unspecified atom stereocenters. The van der Waals surface area contributed by atoms with Crippen molar-refractivity contribution in [3.63, 3.8) is 0 Å². The normalized spacial score (nSPS) is 9.71. The summed E-state index contributed by atoms with van der Waals surface area (Å²) in [7, 11) is 0. The van der Waals surface area contributed by atoms with Crippen molar-refractivity contribution in [2.24, 2.45) is 0 Å². The smallest absolute Gasteiger partial charge is 0.211 e. The minimum absolute atomic E-state index is 0. The van der Waals surface area contributed by atoms with Crippen LogP contribution in [-0.4, -0.2) is 11.0 Å². The predicted octanol–water partition coefficient (Wildman–Crippen LogP) is -1.18. The lowest BCUT2D eigenvalue weighted by Gasteiger charge is -1.97. The maximum atomic E-state index is 5.96. The summed E-state index contributed by atoms with van der Waals surface area (Å²) in [6, 6.07) is 28.4. The molecule has 4 nitrogen and oxygen atoms in total. The third kappa shape index (κ3) is 6.42. The average molecular weight is 625 g/mol. The third-order valence-corrected chi connectivity index (χ3v) is 5.58. The number of nitrogens with zero attached hydrogens (tertiary/aromatic N) is 2. The second-order valence-corrected chi connectivity index (χ2v) is 8.03. The van der Waals surface area contributed by atoms with E-state index in [2.05, 4.69) is 45.5 Å². The minimum atomic E-state index is 0. The van der Waals surface area contributed by atoms with E-state index in [1.54, 1.807) is 0 Å². The maximum Gasteiger partial charge on any atom is 0.211 e. The monoisotopic (exact) mass is 622 g/mol. The van der Waals surface area contributed by atoms with Crippen LogP contribution in [0.4, 0.5) is 0 Å². The molecule has 176 valence electrons. The van der Waals surface area contributed by atoms with Gasteiger partial charge in [-0.2, -0.15) is 8.80 Å². The van der Waals surface area contributed by atoms with Gasteiger partial charge in [-0.3, -0.25) is 0 Å². The number of aromatic nitrogens is 2. The van der Waals surface area contributed by atoms with Crippen molar-refractivity contribution in [3.05, 3.63) is 120 Å². The molecule has 0 fully saturated rings. The largest absolute Gasteiger partial charge is 1.00 e. The number of hydrogen-bond donors (Lipinski definition) is 0. The molecule has 0 aliphatic heterocycles. The molecule has 34 heavy (non-hydrogen) atoms. The van der Waals surface area contributed by atoms with E-state index in [9.17, 15) is 0 Å². The van der Waals surface area contributed by atoms with Gasteiger partial charge in [-0.15, -0.1) is 0 Å². The standard InChI is InChI=1S/2C13H9ClN.2BrH.2H2O/c2*14-12-5-4-10-9-15-6-2-1-3-13(15)8-11(10)7-12;;;;/h2*1-9H;2*1H;2*1H2/q2*+1;;;;/p-2. The molecule has 0 spiro atoms. The first-order chi connectivity index (χ1) is 14.7. The van der Waals surface area contributed by atoms with E-state index in [1.165, 1.54) is 32.6 Å². The summed E-state index contributed by atoms with van der Waals surface area (Å²) in [6.45, 7) is 0. The molecule has 0 aliphatic carbocycles. The van der Waals surface area contributed by atoms with Crippen molar-refractivity contribution >= 4 is 55.8 Å². The summed E-state index contributed by atoms with van der Waals surface area (Å²) in [5.41, 5.74) is 2.35. The van der Waals surface area contributed by atoms with E-state index in [1.807, 2.05) is 73.1 Å². The molecular formula is C26H22Br2Cl2N2O2. The third-order valence-electron chi connectivity index (χ3n) is 5.11. The van der Waals surface area contributed by atoms with Crippen molar-refractivity contribution in [3.8, 4) is 0 Å². The Morgan fingerprint density at radius 1 is 0.471 bits per heavy atom. The molecule has 0 amide bonds. The SMILES string of the molecule is Clc1ccc2c[n+]3ccccc3cc2c1.Clc1ccc2c[n+]3ccccc3cc2c1.O.O.[Br-].[Br-]. The van der Waals surface area contributed by atoms with E-state index in [-0.39, 0.29) is 44.9 Å². The maximum absolute atomic E-state index is 5.96. The van der Waals surface area contributed by atoms with Gasteiger partial charge in [0.25, 0.3) is 0 Å². The molecule has 0 saturated heterocycles. The number of rotatable bonds is 0. The molecule has 4 heterocycles. The Morgan fingerprint density at radius 2 is 0.882 bits per heavy atom. The fourth-order valence-corrected chi connectivity index (χ4v) is 3.97. The van der Waals surface area contributed by atoms with E-state index in [4.69, 9.17) is 23.2 Å². The van der Waals surface area contributed by atoms with Gasteiger partial charge in [0.1, 0.15) is 0 Å². The zero-order valence-corrected chi connectivity index (χ0v) is 22.5. The first-order valence-electron chi connectivity index (χ1n) is 9.64. The van der Waals surface area contributed by atoms with Crippen LogP contribution < -0.4 is 42.8 Å². The highest BCUT2D eigenvalue weighted by Gasteiger charge is 2.05. The second kappa shape index (κ2) is 13.0. The van der Waals surface area contributed by atoms with Gasteiger partial charge in [0.2, 0.25) is 11.0 Å². The van der Waals surface area contributed by atoms with E-state index < -0.39 is 0 Å². The van der Waals surface area contributed by atoms with Gasteiger partial charge in [0.15, 0.2) is 24.8 Å². The molecule has 0 bridgehead atoms. The average Bonchev–Trinajstić information content (AvgIpc) is 2.76. The lowest BCUT2D eigenvalue weighted by molar-refractivity contribution is -0.510. The molecule has 4 aromatic heterocycles. The highest BCUT2D eigenvalue weighted by molar-refractivity contribution is 6.31. The zero-order valence-electron chi connectivity index (χ0n) is 17.8. The van der Waals surface area contributed by atoms with Crippen LogP contribution in [0.3, 0.4) is 0 Å². The van der Waals surface area contributed by atoms with Crippen LogP contribution in [0.25, 0.3) is 32.6 Å². The Kier molecular flexibility index (Phi) is 11.3. The van der Waals surface area contributed by atoms with E-state index >= 15 is 0 Å². The molecule has 2 aromatic carbocycles. The summed E-state index contributed by atoms with van der Waals surface area (Å²) >= 11 is 11.9. The predicted molar refractivity (Wildman–Crippen MR) is 131 cm³/mol. The number of fused-ring (bicyclic) bond motifs is 4. The van der Waals surface area contributed by atoms with Crippen molar-refractivity contribution in [1.82, 2.24) is 0 Å². The summed E-state index contributed by atoms with van der Waals surface area (Å²) < 4.78 is 4.21. The molecule has 4 N–H and O–H groups in total. The molecule has 8 heteroatoms. The lowest BCUT2D eigenvalue weighted by Crippen LogP contribution is -3.00. The first-order valence-corrected chi connectivity index (χ1v) is 10.4. The van der Waals surface area contributed by atoms with Gasteiger partial charge in [0, 0.05) is 57.2 Å². The number of halogens is 4. The van der Waals surface area contributed by atoms with Crippen LogP contribution in [0.15, 0.2) is 110 Å². The highest BCUT2D eigenvalue weighted by atomic mass is 79.9. The molecule has 0 aliphatic rings. The summed E-state index contributed by atoms with van der Waals surface area (Å²) in [5.74, 6) is 0. The minimum Gasteiger partial charge on any atom is -1.00 e. The van der Waals surface area contributed by atoms with Gasteiger partial charge in [-0.05, 0) is 59.3 Å². The molecule has 0 atom stereocenters. The van der Waals surface area contributed by atoms with Crippen LogP contribution in [0.1, 0.15) is 0 Å².